The third-order valence-corrected chi connectivity index (χ3v) is 3.69. The summed E-state index contributed by atoms with van der Waals surface area (Å²) in [6.07, 6.45) is 3.91. The number of amides is 1. The Labute approximate surface area is 118 Å². The van der Waals surface area contributed by atoms with E-state index < -0.39 is 12.0 Å². The first-order chi connectivity index (χ1) is 9.50. The Morgan fingerprint density at radius 1 is 1.40 bits per heavy atom. The molecule has 0 saturated carbocycles. The first-order valence-corrected chi connectivity index (χ1v) is 6.71. The summed E-state index contributed by atoms with van der Waals surface area (Å²) in [6, 6.07) is 2.74. The first-order valence-electron chi connectivity index (χ1n) is 6.71. The molecule has 6 nitrogen and oxygen atoms in total. The molecule has 2 rings (SSSR count). The molecule has 108 valence electrons. The normalized spacial score (nSPS) is 16.0. The number of hydrogen-bond acceptors (Lipinski definition) is 4. The van der Waals surface area contributed by atoms with Gasteiger partial charge in [-0.15, -0.1) is 0 Å². The minimum Gasteiger partial charge on any atom is -0.480 e. The quantitative estimate of drug-likeness (QED) is 0.896. The van der Waals surface area contributed by atoms with E-state index in [0.717, 1.165) is 31.6 Å². The highest BCUT2D eigenvalue weighted by Crippen LogP contribution is 2.20. The van der Waals surface area contributed by atoms with Crippen molar-refractivity contribution in [2.45, 2.75) is 25.8 Å². The minimum absolute atomic E-state index is 0.282. The van der Waals surface area contributed by atoms with Crippen LogP contribution >= 0.6 is 0 Å². The van der Waals surface area contributed by atoms with E-state index in [1.807, 2.05) is 6.07 Å². The van der Waals surface area contributed by atoms with Crippen LogP contribution in [0.1, 0.15) is 30.3 Å². The molecule has 0 bridgehead atoms. The smallest absolute Gasteiger partial charge is 0.326 e. The zero-order valence-corrected chi connectivity index (χ0v) is 11.7. The van der Waals surface area contributed by atoms with Crippen LogP contribution in [0, 0.1) is 0 Å². The van der Waals surface area contributed by atoms with Crippen molar-refractivity contribution in [1.82, 2.24) is 9.88 Å². The van der Waals surface area contributed by atoms with Crippen LogP contribution in [0.5, 0.6) is 0 Å². The van der Waals surface area contributed by atoms with Crippen molar-refractivity contribution in [2.24, 2.45) is 0 Å². The zero-order chi connectivity index (χ0) is 14.7. The van der Waals surface area contributed by atoms with Crippen LogP contribution in [0.4, 0.5) is 5.69 Å². The van der Waals surface area contributed by atoms with Gasteiger partial charge in [0, 0.05) is 32.0 Å². The monoisotopic (exact) mass is 277 g/mol. The Morgan fingerprint density at radius 2 is 2.05 bits per heavy atom. The van der Waals surface area contributed by atoms with Crippen LogP contribution in [-0.2, 0) is 4.79 Å². The molecule has 1 atom stereocenters. The maximum absolute atomic E-state index is 12.2. The Kier molecular flexibility index (Phi) is 4.22. The molecule has 1 amide bonds. The molecule has 0 aromatic carbocycles. The van der Waals surface area contributed by atoms with Gasteiger partial charge in [0.1, 0.15) is 11.7 Å². The van der Waals surface area contributed by atoms with Crippen LogP contribution < -0.4 is 4.90 Å². The average Bonchev–Trinajstić information content (AvgIpc) is 2.99. The first kappa shape index (κ1) is 14.3. The fourth-order valence-electron chi connectivity index (χ4n) is 2.23. The Hall–Kier alpha value is -2.11. The molecule has 1 fully saturated rings. The van der Waals surface area contributed by atoms with E-state index in [0.29, 0.717) is 0 Å². The SMILES string of the molecule is CC(C(=O)O)N(C)C(=O)c1cc(N2CCCC2)ccn1. The predicted molar refractivity (Wildman–Crippen MR) is 74.9 cm³/mol. The van der Waals surface area contributed by atoms with Crippen molar-refractivity contribution in [3.63, 3.8) is 0 Å². The predicted octanol–water partition coefficient (Wildman–Crippen LogP) is 1.23. The second kappa shape index (κ2) is 5.90. The van der Waals surface area contributed by atoms with Crippen molar-refractivity contribution in [3.05, 3.63) is 24.0 Å². The second-order valence-electron chi connectivity index (χ2n) is 5.02. The largest absolute Gasteiger partial charge is 0.480 e. The number of carboxylic acids is 1. The van der Waals surface area contributed by atoms with E-state index in [2.05, 4.69) is 9.88 Å². The van der Waals surface area contributed by atoms with E-state index in [-0.39, 0.29) is 11.6 Å². The molecular formula is C14H19N3O3. The van der Waals surface area contributed by atoms with Gasteiger partial charge in [-0.05, 0) is 31.9 Å². The highest BCUT2D eigenvalue weighted by molar-refractivity contribution is 5.95. The lowest BCUT2D eigenvalue weighted by atomic mass is 10.2. The number of aliphatic carboxylic acids is 1. The number of carbonyl (C=O) groups excluding carboxylic acids is 1. The van der Waals surface area contributed by atoms with E-state index in [4.69, 9.17) is 5.11 Å². The van der Waals surface area contributed by atoms with Crippen LogP contribution in [0.2, 0.25) is 0 Å². The van der Waals surface area contributed by atoms with Crippen molar-refractivity contribution in [2.75, 3.05) is 25.0 Å². The van der Waals surface area contributed by atoms with Gasteiger partial charge in [0.05, 0.1) is 0 Å². The van der Waals surface area contributed by atoms with Crippen molar-refractivity contribution >= 4 is 17.6 Å². The standard InChI is InChI=1S/C14H19N3O3/c1-10(14(19)20)16(2)13(18)12-9-11(5-6-15-12)17-7-3-4-8-17/h5-6,9-10H,3-4,7-8H2,1-2H3,(H,19,20). The fraction of sp³-hybridized carbons (Fsp3) is 0.500. The fourth-order valence-corrected chi connectivity index (χ4v) is 2.23. The molecule has 1 N–H and O–H groups in total. The van der Waals surface area contributed by atoms with Crippen molar-refractivity contribution in [1.29, 1.82) is 0 Å². The molecule has 1 saturated heterocycles. The van der Waals surface area contributed by atoms with Gasteiger partial charge in [0.15, 0.2) is 0 Å². The second-order valence-corrected chi connectivity index (χ2v) is 5.02. The van der Waals surface area contributed by atoms with E-state index in [1.165, 1.54) is 18.9 Å². The highest BCUT2D eigenvalue weighted by Gasteiger charge is 2.24. The average molecular weight is 277 g/mol. The number of nitrogens with zero attached hydrogens (tertiary/aromatic N) is 3. The maximum Gasteiger partial charge on any atom is 0.326 e. The number of pyridine rings is 1. The molecule has 2 heterocycles. The number of hydrogen-bond donors (Lipinski definition) is 1. The van der Waals surface area contributed by atoms with Crippen LogP contribution in [0.15, 0.2) is 18.3 Å². The summed E-state index contributed by atoms with van der Waals surface area (Å²) in [5, 5.41) is 8.95. The van der Waals surface area contributed by atoms with Crippen LogP contribution in [-0.4, -0.2) is 53.0 Å². The van der Waals surface area contributed by atoms with Crippen molar-refractivity contribution < 1.29 is 14.7 Å². The molecule has 1 unspecified atom stereocenters. The molecule has 1 aliphatic heterocycles. The molecule has 1 aromatic rings. The molecule has 6 heteroatoms. The Balaban J connectivity index is 2.17. The summed E-state index contributed by atoms with van der Waals surface area (Å²) in [6.45, 7) is 3.45. The van der Waals surface area contributed by atoms with Gasteiger partial charge in [-0.25, -0.2) is 4.79 Å². The maximum atomic E-state index is 12.2. The number of rotatable bonds is 4. The lowest BCUT2D eigenvalue weighted by Gasteiger charge is -2.22. The zero-order valence-electron chi connectivity index (χ0n) is 11.7. The third kappa shape index (κ3) is 2.89. The summed E-state index contributed by atoms with van der Waals surface area (Å²) in [5.41, 5.74) is 1.25. The third-order valence-electron chi connectivity index (χ3n) is 3.69. The van der Waals surface area contributed by atoms with Gasteiger partial charge >= 0.3 is 5.97 Å². The van der Waals surface area contributed by atoms with Gasteiger partial charge in [0.25, 0.3) is 5.91 Å². The van der Waals surface area contributed by atoms with Gasteiger partial charge in [0.2, 0.25) is 0 Å². The topological polar surface area (TPSA) is 73.7 Å². The van der Waals surface area contributed by atoms with Gasteiger partial charge in [-0.2, -0.15) is 0 Å². The van der Waals surface area contributed by atoms with Crippen LogP contribution in [0.3, 0.4) is 0 Å². The lowest BCUT2D eigenvalue weighted by Crippen LogP contribution is -2.40. The minimum atomic E-state index is -1.03. The molecule has 0 spiro atoms. The molecule has 1 aliphatic rings. The Morgan fingerprint density at radius 3 is 2.65 bits per heavy atom. The summed E-state index contributed by atoms with van der Waals surface area (Å²) < 4.78 is 0. The van der Waals surface area contributed by atoms with Gasteiger partial charge in [-0.1, -0.05) is 0 Å². The number of aromatic nitrogens is 1. The van der Waals surface area contributed by atoms with E-state index in [1.54, 1.807) is 12.3 Å². The van der Waals surface area contributed by atoms with Crippen LogP contribution in [0.25, 0.3) is 0 Å². The molecular weight excluding hydrogens is 258 g/mol. The van der Waals surface area contributed by atoms with Gasteiger partial charge in [-0.3, -0.25) is 9.78 Å². The number of carbonyl (C=O) groups is 2. The van der Waals surface area contributed by atoms with Gasteiger partial charge < -0.3 is 14.9 Å². The highest BCUT2D eigenvalue weighted by atomic mass is 16.4. The summed E-state index contributed by atoms with van der Waals surface area (Å²) in [5.74, 6) is -1.41. The molecule has 0 radical (unpaired) electrons. The van der Waals surface area contributed by atoms with E-state index >= 15 is 0 Å². The van der Waals surface area contributed by atoms with Crippen molar-refractivity contribution in [3.8, 4) is 0 Å². The number of likely N-dealkylation sites (N-methyl/N-ethyl adjacent to an activating group) is 1. The summed E-state index contributed by atoms with van der Waals surface area (Å²) in [7, 11) is 1.48. The Bertz CT molecular complexity index is 512. The number of carboxylic acid groups (broad SMARTS) is 1. The molecule has 1 aromatic heterocycles. The summed E-state index contributed by atoms with van der Waals surface area (Å²) >= 11 is 0. The number of anilines is 1. The summed E-state index contributed by atoms with van der Waals surface area (Å²) in [4.78, 5) is 30.6. The van der Waals surface area contributed by atoms with E-state index in [9.17, 15) is 9.59 Å². The molecule has 0 aliphatic carbocycles. The lowest BCUT2D eigenvalue weighted by molar-refractivity contribution is -0.141. The molecule has 20 heavy (non-hydrogen) atoms.